The number of amides is 2. The number of rotatable bonds is 7. The van der Waals surface area contributed by atoms with Gasteiger partial charge in [0.2, 0.25) is 11.8 Å². The minimum Gasteiger partial charge on any atom is -0.496 e. The summed E-state index contributed by atoms with van der Waals surface area (Å²) < 4.78 is 5.34. The average molecular weight is 420 g/mol. The maximum Gasteiger partial charge on any atom is 0.227 e. The van der Waals surface area contributed by atoms with Gasteiger partial charge < -0.3 is 19.5 Å². The van der Waals surface area contributed by atoms with Crippen LogP contribution >= 0.6 is 0 Å². The van der Waals surface area contributed by atoms with Crippen LogP contribution in [0.5, 0.6) is 5.75 Å². The molecule has 2 heterocycles. The summed E-state index contributed by atoms with van der Waals surface area (Å²) in [5, 5.41) is 1.23. The minimum atomic E-state index is 0.0796. The molecule has 3 aromatic rings. The van der Waals surface area contributed by atoms with E-state index in [2.05, 4.69) is 17.1 Å². The molecule has 31 heavy (non-hydrogen) atoms. The Labute approximate surface area is 182 Å². The van der Waals surface area contributed by atoms with Crippen molar-refractivity contribution < 1.29 is 14.3 Å². The van der Waals surface area contributed by atoms with E-state index >= 15 is 0 Å². The molecule has 2 aromatic carbocycles. The largest absolute Gasteiger partial charge is 0.496 e. The summed E-state index contributed by atoms with van der Waals surface area (Å²) in [6.07, 6.45) is 4.61. The highest BCUT2D eigenvalue weighted by Crippen LogP contribution is 2.21. The summed E-state index contributed by atoms with van der Waals surface area (Å²) in [5.74, 6) is 0.993. The average Bonchev–Trinajstić information content (AvgIpc) is 3.22. The molecule has 0 spiro atoms. The van der Waals surface area contributed by atoms with Gasteiger partial charge in [-0.3, -0.25) is 9.59 Å². The standard InChI is InChI=1S/C25H29N3O3/c1-31-23-11-5-2-7-19(23)17-25(30)28-15-13-27(14-16-28)24(29)12-6-8-20-18-26-22-10-4-3-9-21(20)22/h2-5,7,9-11,18,26H,6,8,12-17H2,1H3. The number of piperazine rings is 1. The number of fused-ring (bicyclic) bond motifs is 1. The molecule has 1 aliphatic rings. The predicted octanol–water partition coefficient (Wildman–Crippen LogP) is 3.41. The molecule has 0 saturated carbocycles. The summed E-state index contributed by atoms with van der Waals surface area (Å²) in [5.41, 5.74) is 3.29. The third-order valence-corrected chi connectivity index (χ3v) is 6.03. The first-order valence-electron chi connectivity index (χ1n) is 10.9. The van der Waals surface area contributed by atoms with Gasteiger partial charge in [-0.2, -0.15) is 0 Å². The first-order valence-corrected chi connectivity index (χ1v) is 10.9. The monoisotopic (exact) mass is 419 g/mol. The molecule has 1 N–H and O–H groups in total. The van der Waals surface area contributed by atoms with Crippen molar-refractivity contribution in [3.8, 4) is 5.75 Å². The van der Waals surface area contributed by atoms with Gasteiger partial charge in [0.1, 0.15) is 5.75 Å². The number of para-hydroxylation sites is 2. The Morgan fingerprint density at radius 1 is 0.903 bits per heavy atom. The van der Waals surface area contributed by atoms with Crippen molar-refractivity contribution in [2.75, 3.05) is 33.3 Å². The quantitative estimate of drug-likeness (QED) is 0.638. The van der Waals surface area contributed by atoms with Gasteiger partial charge in [-0.15, -0.1) is 0 Å². The van der Waals surface area contributed by atoms with Crippen molar-refractivity contribution in [3.05, 3.63) is 65.9 Å². The zero-order chi connectivity index (χ0) is 21.6. The lowest BCUT2D eigenvalue weighted by molar-refractivity contribution is -0.139. The Hall–Kier alpha value is -3.28. The van der Waals surface area contributed by atoms with Crippen LogP contribution in [0.25, 0.3) is 10.9 Å². The zero-order valence-corrected chi connectivity index (χ0v) is 18.0. The highest BCUT2D eigenvalue weighted by Gasteiger charge is 2.24. The number of H-pyrrole nitrogens is 1. The number of aromatic amines is 1. The van der Waals surface area contributed by atoms with Crippen LogP contribution in [0.3, 0.4) is 0 Å². The van der Waals surface area contributed by atoms with Crippen LogP contribution in [-0.4, -0.2) is 59.9 Å². The topological polar surface area (TPSA) is 65.6 Å². The highest BCUT2D eigenvalue weighted by atomic mass is 16.5. The van der Waals surface area contributed by atoms with Crippen molar-refractivity contribution in [3.63, 3.8) is 0 Å². The lowest BCUT2D eigenvalue weighted by Gasteiger charge is -2.35. The predicted molar refractivity (Wildman–Crippen MR) is 121 cm³/mol. The SMILES string of the molecule is COc1ccccc1CC(=O)N1CCN(C(=O)CCCc2c[nH]c3ccccc23)CC1. The minimum absolute atomic E-state index is 0.0796. The molecule has 1 saturated heterocycles. The fourth-order valence-corrected chi connectivity index (χ4v) is 4.26. The van der Waals surface area contributed by atoms with E-state index in [9.17, 15) is 9.59 Å². The first kappa shape index (κ1) is 21.0. The molecular weight excluding hydrogens is 390 g/mol. The maximum absolute atomic E-state index is 12.7. The van der Waals surface area contributed by atoms with Crippen molar-refractivity contribution in [1.82, 2.24) is 14.8 Å². The smallest absolute Gasteiger partial charge is 0.227 e. The molecule has 0 radical (unpaired) electrons. The van der Waals surface area contributed by atoms with E-state index in [1.165, 1.54) is 10.9 Å². The Kier molecular flexibility index (Phi) is 6.55. The summed E-state index contributed by atoms with van der Waals surface area (Å²) in [6.45, 7) is 2.37. The number of hydrogen-bond donors (Lipinski definition) is 1. The van der Waals surface area contributed by atoms with Crippen molar-refractivity contribution in [2.45, 2.75) is 25.7 Å². The molecular formula is C25H29N3O3. The summed E-state index contributed by atoms with van der Waals surface area (Å²) >= 11 is 0. The van der Waals surface area contributed by atoms with Gasteiger partial charge in [0.25, 0.3) is 0 Å². The molecule has 6 nitrogen and oxygen atoms in total. The first-order chi connectivity index (χ1) is 15.2. The number of carbonyl (C=O) groups excluding carboxylic acids is 2. The summed E-state index contributed by atoms with van der Waals surface area (Å²) in [7, 11) is 1.62. The van der Waals surface area contributed by atoms with E-state index in [1.54, 1.807) is 7.11 Å². The molecule has 0 unspecified atom stereocenters. The van der Waals surface area contributed by atoms with Crippen LogP contribution in [0.4, 0.5) is 0 Å². The molecule has 1 aliphatic heterocycles. The Morgan fingerprint density at radius 2 is 1.58 bits per heavy atom. The normalized spacial score (nSPS) is 14.1. The van der Waals surface area contributed by atoms with E-state index in [0.717, 1.165) is 29.7 Å². The number of hydrogen-bond acceptors (Lipinski definition) is 3. The van der Waals surface area contributed by atoms with Crippen LogP contribution in [0, 0.1) is 0 Å². The Balaban J connectivity index is 1.23. The molecule has 1 fully saturated rings. The molecule has 4 rings (SSSR count). The van der Waals surface area contributed by atoms with Gasteiger partial charge in [0, 0.05) is 55.3 Å². The number of ether oxygens (including phenoxy) is 1. The third-order valence-electron chi connectivity index (χ3n) is 6.03. The number of aromatic nitrogens is 1. The van der Waals surface area contributed by atoms with E-state index in [4.69, 9.17) is 4.74 Å². The van der Waals surface area contributed by atoms with Gasteiger partial charge in [0.15, 0.2) is 0 Å². The van der Waals surface area contributed by atoms with Gasteiger partial charge in [0.05, 0.1) is 13.5 Å². The van der Waals surface area contributed by atoms with Gasteiger partial charge in [-0.25, -0.2) is 0 Å². The van der Waals surface area contributed by atoms with Crippen LogP contribution in [-0.2, 0) is 22.4 Å². The lowest BCUT2D eigenvalue weighted by Crippen LogP contribution is -2.51. The van der Waals surface area contributed by atoms with Crippen LogP contribution < -0.4 is 4.74 Å². The third kappa shape index (κ3) is 4.90. The van der Waals surface area contributed by atoms with Gasteiger partial charge >= 0.3 is 0 Å². The molecule has 0 bridgehead atoms. The second kappa shape index (κ2) is 9.69. The van der Waals surface area contributed by atoms with Gasteiger partial charge in [-0.1, -0.05) is 36.4 Å². The lowest BCUT2D eigenvalue weighted by atomic mass is 10.1. The molecule has 2 amide bonds. The van der Waals surface area contributed by atoms with E-state index < -0.39 is 0 Å². The fourth-order valence-electron chi connectivity index (χ4n) is 4.26. The highest BCUT2D eigenvalue weighted by molar-refractivity contribution is 5.83. The number of aryl methyl sites for hydroxylation is 1. The number of methoxy groups -OCH3 is 1. The molecule has 1 aromatic heterocycles. The van der Waals surface area contributed by atoms with Crippen molar-refractivity contribution in [1.29, 1.82) is 0 Å². The molecule has 0 aliphatic carbocycles. The number of carbonyl (C=O) groups is 2. The Bertz CT molecular complexity index is 1050. The maximum atomic E-state index is 12.7. The summed E-state index contributed by atoms with van der Waals surface area (Å²) in [4.78, 5) is 32.4. The van der Waals surface area contributed by atoms with Crippen LogP contribution in [0.15, 0.2) is 54.7 Å². The van der Waals surface area contributed by atoms with E-state index in [-0.39, 0.29) is 11.8 Å². The van der Waals surface area contributed by atoms with Crippen molar-refractivity contribution in [2.24, 2.45) is 0 Å². The number of benzene rings is 2. The Morgan fingerprint density at radius 3 is 2.35 bits per heavy atom. The molecule has 0 atom stereocenters. The van der Waals surface area contributed by atoms with Crippen molar-refractivity contribution >= 4 is 22.7 Å². The van der Waals surface area contributed by atoms with Crippen LogP contribution in [0.2, 0.25) is 0 Å². The number of nitrogens with one attached hydrogen (secondary N) is 1. The fraction of sp³-hybridized carbons (Fsp3) is 0.360. The molecule has 162 valence electrons. The zero-order valence-electron chi connectivity index (χ0n) is 18.0. The van der Waals surface area contributed by atoms with Gasteiger partial charge in [-0.05, 0) is 30.5 Å². The second-order valence-corrected chi connectivity index (χ2v) is 7.96. The summed E-state index contributed by atoms with van der Waals surface area (Å²) in [6, 6.07) is 15.8. The molecule has 6 heteroatoms. The van der Waals surface area contributed by atoms with Crippen LogP contribution in [0.1, 0.15) is 24.0 Å². The second-order valence-electron chi connectivity index (χ2n) is 7.96. The van der Waals surface area contributed by atoms with E-state index in [1.807, 2.05) is 52.4 Å². The van der Waals surface area contributed by atoms with E-state index in [0.29, 0.717) is 39.0 Å². The number of nitrogens with zero attached hydrogens (tertiary/aromatic N) is 2.